The van der Waals surface area contributed by atoms with Crippen LogP contribution < -0.4 is 5.32 Å². The molecule has 1 heterocycles. The van der Waals surface area contributed by atoms with Crippen LogP contribution in [0.25, 0.3) is 0 Å². The zero-order valence-electron chi connectivity index (χ0n) is 5.16. The number of hydrogen-bond donors (Lipinski definition) is 3. The van der Waals surface area contributed by atoms with E-state index in [1.807, 2.05) is 0 Å². The number of aliphatic hydroxyl groups excluding tert-OH is 1. The van der Waals surface area contributed by atoms with Crippen LogP contribution in [0.3, 0.4) is 0 Å². The van der Waals surface area contributed by atoms with Crippen molar-refractivity contribution < 1.29 is 15.0 Å². The number of hydrogen-bond acceptors (Lipinski definition) is 3. The van der Waals surface area contributed by atoms with Crippen LogP contribution in [0.1, 0.15) is 0 Å². The summed E-state index contributed by atoms with van der Waals surface area (Å²) in [6, 6.07) is 0. The van der Waals surface area contributed by atoms with Gasteiger partial charge in [-0.3, -0.25) is 4.79 Å². The molecule has 0 saturated carbocycles. The summed E-state index contributed by atoms with van der Waals surface area (Å²) in [7, 11) is 5.18. The first-order valence-electron chi connectivity index (χ1n) is 2.71. The van der Waals surface area contributed by atoms with Crippen LogP contribution in [0.15, 0.2) is 11.5 Å². The molecule has 4 nitrogen and oxygen atoms in total. The molecule has 3 N–H and O–H groups in total. The molecule has 2 radical (unpaired) electrons. The molecule has 0 bridgehead atoms. The van der Waals surface area contributed by atoms with E-state index in [0.29, 0.717) is 0 Å². The van der Waals surface area contributed by atoms with Crippen molar-refractivity contribution in [1.82, 2.24) is 5.32 Å². The molecule has 1 atom stereocenters. The minimum absolute atomic E-state index is 0.0556. The highest BCUT2D eigenvalue weighted by atomic mass is 16.3. The first kappa shape index (κ1) is 7.30. The minimum atomic E-state index is -1.74. The monoisotopic (exact) mass is 139 g/mol. The Kier molecular flexibility index (Phi) is 1.54. The standard InChI is InChI=1S/C5H6BNO3/c6-3-1-4(9)7-5(3,10)2-8/h1,8,10H,2H2,(H,7,9). The van der Waals surface area contributed by atoms with E-state index in [4.69, 9.17) is 18.1 Å². The predicted molar refractivity (Wildman–Crippen MR) is 34.0 cm³/mol. The molecule has 10 heavy (non-hydrogen) atoms. The molecule has 1 aliphatic heterocycles. The second-order valence-electron chi connectivity index (χ2n) is 2.11. The fraction of sp³-hybridized carbons (Fsp3) is 0.400. The van der Waals surface area contributed by atoms with Gasteiger partial charge in [-0.15, -0.1) is 0 Å². The molecule has 1 rings (SSSR count). The van der Waals surface area contributed by atoms with Crippen molar-refractivity contribution in [2.75, 3.05) is 6.61 Å². The lowest BCUT2D eigenvalue weighted by atomic mass is 9.88. The molecule has 0 spiro atoms. The van der Waals surface area contributed by atoms with Gasteiger partial charge in [0.15, 0.2) is 5.72 Å². The van der Waals surface area contributed by atoms with E-state index in [9.17, 15) is 4.79 Å². The van der Waals surface area contributed by atoms with Crippen LogP contribution in [0.5, 0.6) is 0 Å². The molecule has 1 aliphatic rings. The Morgan fingerprint density at radius 2 is 2.40 bits per heavy atom. The first-order valence-corrected chi connectivity index (χ1v) is 2.71. The molecule has 1 unspecified atom stereocenters. The van der Waals surface area contributed by atoms with E-state index in [1.165, 1.54) is 0 Å². The summed E-state index contributed by atoms with van der Waals surface area (Å²) < 4.78 is 0. The third kappa shape index (κ3) is 0.934. The van der Waals surface area contributed by atoms with E-state index in [2.05, 4.69) is 5.32 Å². The third-order valence-electron chi connectivity index (χ3n) is 1.32. The van der Waals surface area contributed by atoms with Crippen molar-refractivity contribution in [2.24, 2.45) is 0 Å². The van der Waals surface area contributed by atoms with Crippen molar-refractivity contribution in [3.05, 3.63) is 11.5 Å². The van der Waals surface area contributed by atoms with Gasteiger partial charge in [0.25, 0.3) is 0 Å². The van der Waals surface area contributed by atoms with E-state index in [1.54, 1.807) is 0 Å². The zero-order valence-corrected chi connectivity index (χ0v) is 5.16. The summed E-state index contributed by atoms with van der Waals surface area (Å²) >= 11 is 0. The molecule has 1 amide bonds. The van der Waals surface area contributed by atoms with Gasteiger partial charge in [-0.1, -0.05) is 5.47 Å². The van der Waals surface area contributed by atoms with Gasteiger partial charge in [0.2, 0.25) is 5.91 Å². The lowest BCUT2D eigenvalue weighted by Gasteiger charge is -2.21. The van der Waals surface area contributed by atoms with Crippen LogP contribution >= 0.6 is 0 Å². The fourth-order valence-electron chi connectivity index (χ4n) is 0.704. The van der Waals surface area contributed by atoms with Crippen LogP contribution in [0.2, 0.25) is 0 Å². The number of carbonyl (C=O) groups is 1. The van der Waals surface area contributed by atoms with Crippen LogP contribution in [-0.4, -0.2) is 36.3 Å². The maximum absolute atomic E-state index is 10.5. The number of amides is 1. The summed E-state index contributed by atoms with van der Waals surface area (Å²) in [5, 5.41) is 19.8. The maximum Gasteiger partial charge on any atom is 0.245 e. The highest BCUT2D eigenvalue weighted by molar-refractivity contribution is 6.26. The molecule has 0 fully saturated rings. The van der Waals surface area contributed by atoms with Gasteiger partial charge in [-0.25, -0.2) is 0 Å². The summed E-state index contributed by atoms with van der Waals surface area (Å²) in [4.78, 5) is 10.5. The third-order valence-corrected chi connectivity index (χ3v) is 1.32. The molecule has 0 aromatic heterocycles. The van der Waals surface area contributed by atoms with Gasteiger partial charge < -0.3 is 15.5 Å². The SMILES string of the molecule is [B]C1=CC(=O)NC1(O)CO. The largest absolute Gasteiger partial charge is 0.391 e. The lowest BCUT2D eigenvalue weighted by molar-refractivity contribution is -0.121. The Bertz CT molecular complexity index is 203. The summed E-state index contributed by atoms with van der Waals surface area (Å²) in [5.41, 5.74) is -1.79. The van der Waals surface area contributed by atoms with E-state index >= 15 is 0 Å². The Morgan fingerprint density at radius 3 is 2.60 bits per heavy atom. The molecule has 52 valence electrons. The Morgan fingerprint density at radius 1 is 1.80 bits per heavy atom. The maximum atomic E-state index is 10.5. The van der Waals surface area contributed by atoms with E-state index in [-0.39, 0.29) is 5.47 Å². The second-order valence-corrected chi connectivity index (χ2v) is 2.11. The van der Waals surface area contributed by atoms with Crippen molar-refractivity contribution in [3.63, 3.8) is 0 Å². The average Bonchev–Trinajstić information content (AvgIpc) is 2.09. The van der Waals surface area contributed by atoms with Gasteiger partial charge in [0.1, 0.15) is 7.85 Å². The van der Waals surface area contributed by atoms with Crippen molar-refractivity contribution >= 4 is 13.8 Å². The number of rotatable bonds is 1. The summed E-state index contributed by atoms with van der Waals surface area (Å²) in [5.74, 6) is -0.492. The lowest BCUT2D eigenvalue weighted by Crippen LogP contribution is -2.47. The van der Waals surface area contributed by atoms with Gasteiger partial charge in [0.05, 0.1) is 6.61 Å². The van der Waals surface area contributed by atoms with Crippen LogP contribution in [0.4, 0.5) is 0 Å². The van der Waals surface area contributed by atoms with Crippen molar-refractivity contribution in [2.45, 2.75) is 5.72 Å². The fourth-order valence-corrected chi connectivity index (χ4v) is 0.704. The van der Waals surface area contributed by atoms with Gasteiger partial charge in [-0.2, -0.15) is 0 Å². The topological polar surface area (TPSA) is 69.6 Å². The molecule has 0 aliphatic carbocycles. The normalized spacial score (nSPS) is 31.8. The molecule has 0 aromatic carbocycles. The molecular weight excluding hydrogens is 133 g/mol. The van der Waals surface area contributed by atoms with Crippen molar-refractivity contribution in [1.29, 1.82) is 0 Å². The molecule has 5 heteroatoms. The van der Waals surface area contributed by atoms with Gasteiger partial charge in [-0.05, 0) is 6.08 Å². The molecule has 0 saturated heterocycles. The quantitative estimate of drug-likeness (QED) is 0.362. The Balaban J connectivity index is 2.86. The first-order chi connectivity index (χ1) is 4.58. The number of aliphatic hydroxyl groups is 2. The average molecular weight is 139 g/mol. The smallest absolute Gasteiger partial charge is 0.245 e. The number of carbonyl (C=O) groups excluding carboxylic acids is 1. The number of nitrogens with one attached hydrogen (secondary N) is 1. The summed E-state index contributed by atoms with van der Waals surface area (Å²) in [6.07, 6.45) is 1.04. The second kappa shape index (κ2) is 2.11. The highest BCUT2D eigenvalue weighted by Crippen LogP contribution is 2.14. The van der Waals surface area contributed by atoms with E-state index in [0.717, 1.165) is 6.08 Å². The van der Waals surface area contributed by atoms with Gasteiger partial charge >= 0.3 is 0 Å². The Labute approximate surface area is 59.0 Å². The molecular formula is C5H6BNO3. The predicted octanol–water partition coefficient (Wildman–Crippen LogP) is -2.15. The van der Waals surface area contributed by atoms with Crippen LogP contribution in [-0.2, 0) is 4.79 Å². The zero-order chi connectivity index (χ0) is 7.78. The molecule has 0 aromatic rings. The summed E-state index contributed by atoms with van der Waals surface area (Å²) in [6.45, 7) is -0.610. The highest BCUT2D eigenvalue weighted by Gasteiger charge is 2.34. The minimum Gasteiger partial charge on any atom is -0.391 e. The van der Waals surface area contributed by atoms with E-state index < -0.39 is 18.2 Å². The Hall–Kier alpha value is -0.805. The van der Waals surface area contributed by atoms with Crippen LogP contribution in [0, 0.1) is 0 Å². The van der Waals surface area contributed by atoms with Crippen molar-refractivity contribution in [3.8, 4) is 0 Å². The van der Waals surface area contributed by atoms with Gasteiger partial charge in [0, 0.05) is 0 Å².